The van der Waals surface area contributed by atoms with Crippen molar-refractivity contribution in [2.24, 2.45) is 0 Å². The highest BCUT2D eigenvalue weighted by Gasteiger charge is 2.23. The molecule has 1 heterocycles. The van der Waals surface area contributed by atoms with Crippen molar-refractivity contribution in [2.45, 2.75) is 32.2 Å². The van der Waals surface area contributed by atoms with Crippen molar-refractivity contribution in [1.29, 1.82) is 0 Å². The van der Waals surface area contributed by atoms with Crippen LogP contribution in [0.4, 0.5) is 0 Å². The normalized spacial score (nSPS) is 17.4. The number of hydrogen-bond acceptors (Lipinski definition) is 5. The Morgan fingerprint density at radius 2 is 2.04 bits per heavy atom. The summed E-state index contributed by atoms with van der Waals surface area (Å²) in [5.41, 5.74) is 0.719. The first-order valence-electron chi connectivity index (χ1n) is 8.41. The highest BCUT2D eigenvalue weighted by Crippen LogP contribution is 2.25. The zero-order valence-electron chi connectivity index (χ0n) is 15.0. The van der Waals surface area contributed by atoms with Gasteiger partial charge in [-0.1, -0.05) is 0 Å². The van der Waals surface area contributed by atoms with Gasteiger partial charge in [0.1, 0.15) is 11.5 Å². The van der Waals surface area contributed by atoms with Gasteiger partial charge in [-0.05, 0) is 44.4 Å². The standard InChI is InChI=1S/C19H25NO5/c1-14-6-4-5-11-20(14)18(21)13-25-19(22)10-8-15-7-9-16(23-2)12-17(15)24-3/h7-10,12,14H,4-6,11,13H2,1-3H3/b10-8+/t14-/m1/s1. The molecule has 1 aromatic carbocycles. The molecule has 1 aliphatic rings. The Kier molecular flexibility index (Phi) is 6.86. The second kappa shape index (κ2) is 9.11. The third-order valence-corrected chi connectivity index (χ3v) is 4.30. The monoisotopic (exact) mass is 347 g/mol. The molecule has 1 amide bonds. The van der Waals surface area contributed by atoms with Crippen LogP contribution in [-0.4, -0.2) is 50.2 Å². The summed E-state index contributed by atoms with van der Waals surface area (Å²) in [5, 5.41) is 0. The van der Waals surface area contributed by atoms with Crippen molar-refractivity contribution in [1.82, 2.24) is 4.90 Å². The summed E-state index contributed by atoms with van der Waals surface area (Å²) in [4.78, 5) is 25.8. The smallest absolute Gasteiger partial charge is 0.331 e. The number of carbonyl (C=O) groups is 2. The van der Waals surface area contributed by atoms with Crippen LogP contribution in [0.1, 0.15) is 31.7 Å². The molecule has 1 aliphatic heterocycles. The lowest BCUT2D eigenvalue weighted by atomic mass is 10.0. The van der Waals surface area contributed by atoms with Gasteiger partial charge in [-0.15, -0.1) is 0 Å². The molecule has 1 saturated heterocycles. The topological polar surface area (TPSA) is 65.1 Å². The number of rotatable bonds is 6. The van der Waals surface area contributed by atoms with Gasteiger partial charge in [0.2, 0.25) is 0 Å². The summed E-state index contributed by atoms with van der Waals surface area (Å²) in [7, 11) is 3.12. The van der Waals surface area contributed by atoms with Crippen LogP contribution >= 0.6 is 0 Å². The summed E-state index contributed by atoms with van der Waals surface area (Å²) in [6.45, 7) is 2.53. The lowest BCUT2D eigenvalue weighted by Crippen LogP contribution is -2.44. The molecule has 1 atom stereocenters. The molecule has 6 heteroatoms. The van der Waals surface area contributed by atoms with Crippen molar-refractivity contribution in [3.63, 3.8) is 0 Å². The number of ether oxygens (including phenoxy) is 3. The van der Waals surface area contributed by atoms with Crippen LogP contribution < -0.4 is 9.47 Å². The third kappa shape index (κ3) is 5.24. The maximum atomic E-state index is 12.1. The molecule has 136 valence electrons. The van der Waals surface area contributed by atoms with Gasteiger partial charge in [-0.2, -0.15) is 0 Å². The van der Waals surface area contributed by atoms with E-state index in [1.54, 1.807) is 43.4 Å². The molecule has 0 aliphatic carbocycles. The Morgan fingerprint density at radius 1 is 1.24 bits per heavy atom. The Morgan fingerprint density at radius 3 is 2.72 bits per heavy atom. The maximum absolute atomic E-state index is 12.1. The van der Waals surface area contributed by atoms with Crippen molar-refractivity contribution in [2.75, 3.05) is 27.4 Å². The van der Waals surface area contributed by atoms with Gasteiger partial charge in [0.15, 0.2) is 6.61 Å². The summed E-state index contributed by atoms with van der Waals surface area (Å²) in [6, 6.07) is 5.49. The van der Waals surface area contributed by atoms with E-state index in [4.69, 9.17) is 14.2 Å². The molecule has 0 aromatic heterocycles. The number of esters is 1. The molecule has 1 aromatic rings. The summed E-state index contributed by atoms with van der Waals surface area (Å²) in [6.07, 6.45) is 6.01. The van der Waals surface area contributed by atoms with Crippen LogP contribution in [0.15, 0.2) is 24.3 Å². The lowest BCUT2D eigenvalue weighted by Gasteiger charge is -2.33. The second-order valence-electron chi connectivity index (χ2n) is 5.98. The van der Waals surface area contributed by atoms with Crippen LogP contribution in [0.5, 0.6) is 11.5 Å². The molecule has 6 nitrogen and oxygen atoms in total. The van der Waals surface area contributed by atoms with Crippen LogP contribution in [0.25, 0.3) is 6.08 Å². The highest BCUT2D eigenvalue weighted by molar-refractivity contribution is 5.89. The average molecular weight is 347 g/mol. The Bertz CT molecular complexity index is 641. The predicted molar refractivity (Wildman–Crippen MR) is 94.6 cm³/mol. The SMILES string of the molecule is COc1ccc(/C=C/C(=O)OCC(=O)N2CCCC[C@H]2C)c(OC)c1. The Balaban J connectivity index is 1.89. The number of hydrogen-bond donors (Lipinski definition) is 0. The minimum atomic E-state index is -0.559. The second-order valence-corrected chi connectivity index (χ2v) is 5.98. The van der Waals surface area contributed by atoms with E-state index in [0.717, 1.165) is 31.4 Å². The molecule has 0 radical (unpaired) electrons. The fraction of sp³-hybridized carbons (Fsp3) is 0.474. The van der Waals surface area contributed by atoms with Crippen molar-refractivity contribution in [3.05, 3.63) is 29.8 Å². The van der Waals surface area contributed by atoms with Crippen molar-refractivity contribution < 1.29 is 23.8 Å². The van der Waals surface area contributed by atoms with Crippen molar-refractivity contribution in [3.8, 4) is 11.5 Å². The largest absolute Gasteiger partial charge is 0.497 e. The van der Waals surface area contributed by atoms with E-state index in [-0.39, 0.29) is 18.6 Å². The van der Waals surface area contributed by atoms with Gasteiger partial charge in [0.25, 0.3) is 5.91 Å². The van der Waals surface area contributed by atoms with Gasteiger partial charge in [-0.3, -0.25) is 4.79 Å². The molecular formula is C19H25NO5. The van der Waals surface area contributed by atoms with E-state index in [9.17, 15) is 9.59 Å². The lowest BCUT2D eigenvalue weighted by molar-refractivity contribution is -0.149. The Hall–Kier alpha value is -2.50. The van der Waals surface area contributed by atoms with E-state index in [1.165, 1.54) is 6.08 Å². The number of piperidine rings is 1. The average Bonchev–Trinajstić information content (AvgIpc) is 2.64. The van der Waals surface area contributed by atoms with E-state index in [1.807, 2.05) is 6.92 Å². The molecular weight excluding hydrogens is 322 g/mol. The fourth-order valence-electron chi connectivity index (χ4n) is 2.85. The molecule has 25 heavy (non-hydrogen) atoms. The maximum Gasteiger partial charge on any atom is 0.331 e. The quantitative estimate of drug-likeness (QED) is 0.585. The molecule has 2 rings (SSSR count). The third-order valence-electron chi connectivity index (χ3n) is 4.30. The first-order chi connectivity index (χ1) is 12.0. The van der Waals surface area contributed by atoms with Crippen molar-refractivity contribution >= 4 is 18.0 Å². The fourth-order valence-corrected chi connectivity index (χ4v) is 2.85. The Labute approximate surface area is 148 Å². The van der Waals surface area contributed by atoms with E-state index in [0.29, 0.717) is 11.5 Å². The van der Waals surface area contributed by atoms with E-state index < -0.39 is 5.97 Å². The zero-order valence-corrected chi connectivity index (χ0v) is 15.0. The number of nitrogens with zero attached hydrogens (tertiary/aromatic N) is 1. The molecule has 1 fully saturated rings. The van der Waals surface area contributed by atoms with Crippen LogP contribution in [-0.2, 0) is 14.3 Å². The first kappa shape index (κ1) is 18.8. The predicted octanol–water partition coefficient (Wildman–Crippen LogP) is 2.66. The minimum absolute atomic E-state index is 0.143. The molecule has 0 bridgehead atoms. The summed E-state index contributed by atoms with van der Waals surface area (Å²) >= 11 is 0. The minimum Gasteiger partial charge on any atom is -0.497 e. The number of amides is 1. The molecule has 0 unspecified atom stereocenters. The summed E-state index contributed by atoms with van der Waals surface area (Å²) < 4.78 is 15.5. The van der Waals surface area contributed by atoms with Gasteiger partial charge in [0, 0.05) is 30.3 Å². The first-order valence-corrected chi connectivity index (χ1v) is 8.41. The number of methoxy groups -OCH3 is 2. The van der Waals surface area contributed by atoms with E-state index >= 15 is 0 Å². The molecule has 0 N–H and O–H groups in total. The van der Waals surface area contributed by atoms with Gasteiger partial charge in [0.05, 0.1) is 14.2 Å². The van der Waals surface area contributed by atoms with Gasteiger partial charge >= 0.3 is 5.97 Å². The van der Waals surface area contributed by atoms with Crippen LogP contribution in [0.2, 0.25) is 0 Å². The molecule has 0 saturated carbocycles. The highest BCUT2D eigenvalue weighted by atomic mass is 16.5. The summed E-state index contributed by atoms with van der Waals surface area (Å²) in [5.74, 6) is 0.548. The van der Waals surface area contributed by atoms with Crippen LogP contribution in [0.3, 0.4) is 0 Å². The number of benzene rings is 1. The zero-order chi connectivity index (χ0) is 18.2. The van der Waals surface area contributed by atoms with Gasteiger partial charge in [-0.25, -0.2) is 4.79 Å². The van der Waals surface area contributed by atoms with Crippen LogP contribution in [0, 0.1) is 0 Å². The number of likely N-dealkylation sites (tertiary alicyclic amines) is 1. The van der Waals surface area contributed by atoms with E-state index in [2.05, 4.69) is 0 Å². The molecule has 0 spiro atoms. The number of carbonyl (C=O) groups excluding carboxylic acids is 2. The van der Waals surface area contributed by atoms with Gasteiger partial charge < -0.3 is 19.1 Å².